The standard InChI is InChI=1S/C12H8Cl2N2/c13-10-3-4-12(14)9(6-10)8-16-5-1-2-11(16)7-15/h1-6H,8H2. The maximum atomic E-state index is 8.88. The number of hydrogen-bond donors (Lipinski definition) is 0. The van der Waals surface area contributed by atoms with E-state index in [-0.39, 0.29) is 0 Å². The van der Waals surface area contributed by atoms with Crippen LogP contribution in [0, 0.1) is 11.3 Å². The number of nitrogens with zero attached hydrogens (tertiary/aromatic N) is 2. The number of halogens is 2. The summed E-state index contributed by atoms with van der Waals surface area (Å²) in [6.07, 6.45) is 1.84. The third-order valence-electron chi connectivity index (χ3n) is 2.29. The smallest absolute Gasteiger partial charge is 0.120 e. The van der Waals surface area contributed by atoms with Crippen molar-refractivity contribution in [2.24, 2.45) is 0 Å². The van der Waals surface area contributed by atoms with Crippen LogP contribution in [0.3, 0.4) is 0 Å². The lowest BCUT2D eigenvalue weighted by Crippen LogP contribution is -2.01. The van der Waals surface area contributed by atoms with Gasteiger partial charge in [-0.25, -0.2) is 0 Å². The highest BCUT2D eigenvalue weighted by Gasteiger charge is 2.05. The van der Waals surface area contributed by atoms with Crippen LogP contribution in [0.1, 0.15) is 11.3 Å². The van der Waals surface area contributed by atoms with Gasteiger partial charge >= 0.3 is 0 Å². The number of aromatic nitrogens is 1. The van der Waals surface area contributed by atoms with Crippen molar-refractivity contribution in [2.75, 3.05) is 0 Å². The van der Waals surface area contributed by atoms with Crippen LogP contribution in [0.25, 0.3) is 0 Å². The molecule has 0 unspecified atom stereocenters. The number of nitriles is 1. The van der Waals surface area contributed by atoms with Crippen molar-refractivity contribution in [3.8, 4) is 6.07 Å². The zero-order valence-corrected chi connectivity index (χ0v) is 9.83. The normalized spacial score (nSPS) is 10.1. The Morgan fingerprint density at radius 2 is 2.06 bits per heavy atom. The van der Waals surface area contributed by atoms with Gasteiger partial charge in [0.15, 0.2) is 0 Å². The van der Waals surface area contributed by atoms with Crippen molar-refractivity contribution in [1.29, 1.82) is 5.26 Å². The van der Waals surface area contributed by atoms with Gasteiger partial charge in [-0.15, -0.1) is 0 Å². The summed E-state index contributed by atoms with van der Waals surface area (Å²) >= 11 is 12.0. The van der Waals surface area contributed by atoms with Crippen molar-refractivity contribution in [1.82, 2.24) is 4.57 Å². The van der Waals surface area contributed by atoms with Gasteiger partial charge in [0.05, 0.1) is 0 Å². The lowest BCUT2D eigenvalue weighted by Gasteiger charge is -2.07. The molecule has 2 rings (SSSR count). The second-order valence-corrected chi connectivity index (χ2v) is 4.21. The molecule has 0 aliphatic carbocycles. The maximum absolute atomic E-state index is 8.88. The summed E-state index contributed by atoms with van der Waals surface area (Å²) in [6.45, 7) is 0.551. The highest BCUT2D eigenvalue weighted by atomic mass is 35.5. The van der Waals surface area contributed by atoms with E-state index in [0.717, 1.165) is 5.56 Å². The molecule has 0 saturated heterocycles. The van der Waals surface area contributed by atoms with E-state index in [1.165, 1.54) is 0 Å². The summed E-state index contributed by atoms with van der Waals surface area (Å²) in [4.78, 5) is 0. The molecule has 0 aliphatic rings. The lowest BCUT2D eigenvalue weighted by atomic mass is 10.2. The van der Waals surface area contributed by atoms with Gasteiger partial charge in [0, 0.05) is 22.8 Å². The molecule has 0 radical (unpaired) electrons. The van der Waals surface area contributed by atoms with E-state index in [0.29, 0.717) is 22.3 Å². The summed E-state index contributed by atoms with van der Waals surface area (Å²) in [7, 11) is 0. The van der Waals surface area contributed by atoms with E-state index in [2.05, 4.69) is 6.07 Å². The number of rotatable bonds is 2. The van der Waals surface area contributed by atoms with Crippen molar-refractivity contribution in [3.05, 3.63) is 57.8 Å². The first-order valence-corrected chi connectivity index (χ1v) is 5.45. The number of hydrogen-bond acceptors (Lipinski definition) is 1. The zero-order chi connectivity index (χ0) is 11.5. The van der Waals surface area contributed by atoms with Crippen molar-refractivity contribution >= 4 is 23.2 Å². The van der Waals surface area contributed by atoms with E-state index < -0.39 is 0 Å². The topological polar surface area (TPSA) is 28.7 Å². The van der Waals surface area contributed by atoms with Gasteiger partial charge in [-0.2, -0.15) is 5.26 Å². The molecule has 4 heteroatoms. The molecule has 1 heterocycles. The molecule has 2 aromatic rings. The Kier molecular flexibility index (Phi) is 3.19. The second kappa shape index (κ2) is 4.61. The zero-order valence-electron chi connectivity index (χ0n) is 8.32. The summed E-state index contributed by atoms with van der Waals surface area (Å²) < 4.78 is 1.83. The molecule has 0 bridgehead atoms. The third-order valence-corrected chi connectivity index (χ3v) is 2.90. The summed E-state index contributed by atoms with van der Waals surface area (Å²) in [5, 5.41) is 10.2. The Hall–Kier alpha value is -1.43. The molecule has 0 amide bonds. The van der Waals surface area contributed by atoms with Crippen LogP contribution < -0.4 is 0 Å². The van der Waals surface area contributed by atoms with Gasteiger partial charge in [-0.05, 0) is 35.9 Å². The fourth-order valence-electron chi connectivity index (χ4n) is 1.50. The van der Waals surface area contributed by atoms with Gasteiger partial charge in [-0.1, -0.05) is 23.2 Å². The first kappa shape index (κ1) is 11.1. The minimum Gasteiger partial charge on any atom is -0.335 e. The Balaban J connectivity index is 2.34. The Labute approximate surface area is 104 Å². The lowest BCUT2D eigenvalue weighted by molar-refractivity contribution is 0.794. The van der Waals surface area contributed by atoms with E-state index in [1.807, 2.05) is 22.9 Å². The van der Waals surface area contributed by atoms with Gasteiger partial charge < -0.3 is 4.57 Å². The highest BCUT2D eigenvalue weighted by Crippen LogP contribution is 2.22. The molecule has 2 nitrogen and oxygen atoms in total. The maximum Gasteiger partial charge on any atom is 0.120 e. The van der Waals surface area contributed by atoms with Gasteiger partial charge in [0.25, 0.3) is 0 Å². The molecule has 1 aromatic carbocycles. The summed E-state index contributed by atoms with van der Waals surface area (Å²) in [5.74, 6) is 0. The van der Waals surface area contributed by atoms with E-state index in [9.17, 15) is 0 Å². The van der Waals surface area contributed by atoms with Crippen LogP contribution >= 0.6 is 23.2 Å². The monoisotopic (exact) mass is 250 g/mol. The average Bonchev–Trinajstić information content (AvgIpc) is 2.71. The largest absolute Gasteiger partial charge is 0.335 e. The van der Waals surface area contributed by atoms with Crippen LogP contribution in [-0.4, -0.2) is 4.57 Å². The van der Waals surface area contributed by atoms with Crippen molar-refractivity contribution in [2.45, 2.75) is 6.54 Å². The van der Waals surface area contributed by atoms with Crippen LogP contribution in [0.5, 0.6) is 0 Å². The fourth-order valence-corrected chi connectivity index (χ4v) is 1.87. The highest BCUT2D eigenvalue weighted by molar-refractivity contribution is 6.33. The predicted octanol–water partition coefficient (Wildman–Crippen LogP) is 3.71. The minimum atomic E-state index is 0.551. The molecule has 0 aliphatic heterocycles. The molecule has 0 atom stereocenters. The van der Waals surface area contributed by atoms with Gasteiger partial charge in [-0.3, -0.25) is 0 Å². The van der Waals surface area contributed by atoms with Gasteiger partial charge in [0.2, 0.25) is 0 Å². The second-order valence-electron chi connectivity index (χ2n) is 3.37. The van der Waals surface area contributed by atoms with E-state index in [1.54, 1.807) is 18.2 Å². The molecule has 80 valence electrons. The van der Waals surface area contributed by atoms with Crippen LogP contribution in [0.2, 0.25) is 10.0 Å². The minimum absolute atomic E-state index is 0.551. The average molecular weight is 251 g/mol. The molecule has 0 saturated carbocycles. The molecule has 16 heavy (non-hydrogen) atoms. The summed E-state index contributed by atoms with van der Waals surface area (Å²) in [5.41, 5.74) is 1.51. The van der Waals surface area contributed by atoms with Crippen molar-refractivity contribution in [3.63, 3.8) is 0 Å². The Bertz CT molecular complexity index is 552. The van der Waals surface area contributed by atoms with E-state index >= 15 is 0 Å². The number of benzene rings is 1. The molecule has 0 N–H and O–H groups in total. The summed E-state index contributed by atoms with van der Waals surface area (Å²) in [6, 6.07) is 11.0. The molecule has 0 spiro atoms. The molecular weight excluding hydrogens is 243 g/mol. The molecule has 0 fully saturated rings. The van der Waals surface area contributed by atoms with E-state index in [4.69, 9.17) is 28.5 Å². The Morgan fingerprint density at radius 3 is 2.81 bits per heavy atom. The predicted molar refractivity (Wildman–Crippen MR) is 64.7 cm³/mol. The van der Waals surface area contributed by atoms with Crippen molar-refractivity contribution < 1.29 is 0 Å². The van der Waals surface area contributed by atoms with Crippen LogP contribution in [0.4, 0.5) is 0 Å². The quantitative estimate of drug-likeness (QED) is 0.799. The van der Waals surface area contributed by atoms with Gasteiger partial charge in [0.1, 0.15) is 11.8 Å². The first-order valence-electron chi connectivity index (χ1n) is 4.70. The first-order chi connectivity index (χ1) is 7.70. The van der Waals surface area contributed by atoms with Crippen LogP contribution in [-0.2, 0) is 6.54 Å². The molecular formula is C12H8Cl2N2. The molecule has 1 aromatic heterocycles. The Morgan fingerprint density at radius 1 is 1.25 bits per heavy atom. The van der Waals surface area contributed by atoms with Crippen LogP contribution in [0.15, 0.2) is 36.5 Å². The fraction of sp³-hybridized carbons (Fsp3) is 0.0833. The SMILES string of the molecule is N#Cc1cccn1Cc1cc(Cl)ccc1Cl. The third kappa shape index (κ3) is 2.21.